The highest BCUT2D eigenvalue weighted by Crippen LogP contribution is 2.49. The molecule has 528 valence electrons. The molecule has 0 fully saturated rings. The average Bonchev–Trinajstić information content (AvgIpc) is 1.70. The Balaban J connectivity index is 0.000000129. The zero-order valence-electron chi connectivity index (χ0n) is 59.8. The molecule has 0 atom stereocenters. The van der Waals surface area contributed by atoms with E-state index < -0.39 is 0 Å². The maximum absolute atomic E-state index is 6.31. The Hall–Kier alpha value is -13.4. The lowest BCUT2D eigenvalue weighted by atomic mass is 9.96. The van der Waals surface area contributed by atoms with E-state index in [1.54, 1.807) is 0 Å². The van der Waals surface area contributed by atoms with Gasteiger partial charge in [-0.2, -0.15) is 0 Å². The van der Waals surface area contributed by atoms with Crippen molar-refractivity contribution >= 4 is 188 Å². The highest BCUT2D eigenvalue weighted by molar-refractivity contribution is 9.10. The van der Waals surface area contributed by atoms with Crippen LogP contribution in [0.4, 0.5) is 51.2 Å². The minimum Gasteiger partial charge on any atom is -0.456 e. The third-order valence-corrected chi connectivity index (χ3v) is 22.0. The fourth-order valence-corrected chi connectivity index (χ4v) is 16.4. The normalized spacial score (nSPS) is 11.4. The van der Waals surface area contributed by atoms with Gasteiger partial charge in [0.15, 0.2) is 0 Å². The smallest absolute Gasteiger partial charge is 0.137 e. The standard InChI is InChI=1S/C52H34N2O2.C34H22ClNO.C16H10BrCl/c1-3-14-36(15-4-1)53(47-22-13-25-51-52(47)44-21-10-12-24-49(44)56-51)38-28-26-35(27-29-38)40-31-32-46(42-19-8-7-18-41(40)42)54(37-16-5-2-6-17-37)39-30-33-50-45(34-39)43-20-9-11-23-48(43)55-50;35-24-16-14-23(15-17-24)27-19-20-32(29-11-5-4-10-28(27)29)36(25-8-2-1-3-9-25)26-18-21-34-31(22-26)30-12-6-7-13-33(30)37-34;17-16-10-9-13(11-5-7-12(18)8-6-11)14-3-1-2-4-15(14)16/h1-34H;1-22H;1-10H. The third kappa shape index (κ3) is 13.0. The van der Waals surface area contributed by atoms with Crippen LogP contribution in [0.2, 0.25) is 10.0 Å². The number of benzene rings is 18. The van der Waals surface area contributed by atoms with Crippen LogP contribution in [0, 0.1) is 0 Å². The summed E-state index contributed by atoms with van der Waals surface area (Å²) in [5.74, 6) is 0. The van der Waals surface area contributed by atoms with Crippen LogP contribution in [-0.2, 0) is 0 Å². The van der Waals surface area contributed by atoms with Crippen LogP contribution >= 0.6 is 39.1 Å². The number of furan rings is 3. The summed E-state index contributed by atoms with van der Waals surface area (Å²) < 4.78 is 19.8. The van der Waals surface area contributed by atoms with E-state index >= 15 is 0 Å². The van der Waals surface area contributed by atoms with Crippen LogP contribution in [0.1, 0.15) is 0 Å². The summed E-state index contributed by atoms with van der Waals surface area (Å²) in [6.45, 7) is 0. The average molecular weight is 1530 g/mol. The van der Waals surface area contributed by atoms with E-state index in [9.17, 15) is 0 Å². The monoisotopic (exact) mass is 1530 g/mol. The molecule has 0 aliphatic rings. The highest BCUT2D eigenvalue weighted by Gasteiger charge is 2.24. The first-order valence-electron chi connectivity index (χ1n) is 36.9. The van der Waals surface area contributed by atoms with Crippen molar-refractivity contribution in [2.24, 2.45) is 0 Å². The van der Waals surface area contributed by atoms with Crippen molar-refractivity contribution in [2.75, 3.05) is 14.7 Å². The van der Waals surface area contributed by atoms with Crippen molar-refractivity contribution < 1.29 is 13.3 Å². The summed E-state index contributed by atoms with van der Waals surface area (Å²) in [5, 5.41) is 15.3. The first kappa shape index (κ1) is 68.2. The molecule has 9 heteroatoms. The number of rotatable bonds is 12. The van der Waals surface area contributed by atoms with Crippen molar-refractivity contribution in [1.82, 2.24) is 0 Å². The van der Waals surface area contributed by atoms with Crippen LogP contribution in [0.3, 0.4) is 0 Å². The second-order valence-electron chi connectivity index (χ2n) is 27.4. The number of anilines is 9. The number of para-hydroxylation sites is 6. The Kier molecular flexibility index (Phi) is 18.2. The highest BCUT2D eigenvalue weighted by atomic mass is 79.9. The molecule has 3 heterocycles. The molecule has 3 aromatic heterocycles. The van der Waals surface area contributed by atoms with Gasteiger partial charge in [0.2, 0.25) is 0 Å². The first-order chi connectivity index (χ1) is 54.8. The van der Waals surface area contributed by atoms with Crippen molar-refractivity contribution in [2.45, 2.75) is 0 Å². The summed E-state index contributed by atoms with van der Waals surface area (Å²) in [6.07, 6.45) is 0. The third-order valence-electron chi connectivity index (χ3n) is 20.8. The Morgan fingerprint density at radius 3 is 0.955 bits per heavy atom. The number of halogens is 3. The van der Waals surface area contributed by atoms with Gasteiger partial charge < -0.3 is 28.0 Å². The molecule has 0 aliphatic heterocycles. The quantitative estimate of drug-likeness (QED) is 0.121. The fraction of sp³-hybridized carbons (Fsp3) is 0. The molecular formula is C102H66BrCl2N3O3. The minimum atomic E-state index is 0.738. The van der Waals surface area contributed by atoms with Gasteiger partial charge in [0.25, 0.3) is 0 Å². The molecule has 0 radical (unpaired) electrons. The summed E-state index contributed by atoms with van der Waals surface area (Å²) in [5.41, 5.74) is 22.2. The molecule has 0 spiro atoms. The fourth-order valence-electron chi connectivity index (χ4n) is 15.7. The summed E-state index contributed by atoms with van der Waals surface area (Å²) in [6, 6.07) is 140. The Bertz CT molecular complexity index is 7010. The zero-order valence-corrected chi connectivity index (χ0v) is 62.9. The van der Waals surface area contributed by atoms with E-state index in [0.29, 0.717) is 0 Å². The van der Waals surface area contributed by atoms with Crippen molar-refractivity contribution in [3.8, 4) is 33.4 Å². The molecule has 111 heavy (non-hydrogen) atoms. The van der Waals surface area contributed by atoms with Crippen LogP contribution in [0.5, 0.6) is 0 Å². The molecule has 21 aromatic rings. The summed E-state index contributed by atoms with van der Waals surface area (Å²) in [4.78, 5) is 7.01. The van der Waals surface area contributed by atoms with Gasteiger partial charge in [0, 0.05) is 86.3 Å². The largest absolute Gasteiger partial charge is 0.456 e. The zero-order chi connectivity index (χ0) is 74.3. The van der Waals surface area contributed by atoms with E-state index in [4.69, 9.17) is 36.5 Å². The molecule has 0 bridgehead atoms. The Morgan fingerprint density at radius 1 is 0.198 bits per heavy atom. The Labute approximate surface area is 659 Å². The molecule has 0 saturated carbocycles. The van der Waals surface area contributed by atoms with Gasteiger partial charge in [-0.05, 0) is 213 Å². The maximum atomic E-state index is 6.31. The number of hydrogen-bond donors (Lipinski definition) is 0. The van der Waals surface area contributed by atoms with Gasteiger partial charge in [-0.15, -0.1) is 0 Å². The summed E-state index contributed by atoms with van der Waals surface area (Å²) in [7, 11) is 0. The van der Waals surface area contributed by atoms with E-state index in [-0.39, 0.29) is 0 Å². The number of fused-ring (bicyclic) bond motifs is 12. The molecule has 18 aromatic carbocycles. The topological polar surface area (TPSA) is 49.1 Å². The van der Waals surface area contributed by atoms with E-state index in [0.717, 1.165) is 143 Å². The molecule has 0 N–H and O–H groups in total. The second kappa shape index (κ2) is 29.6. The van der Waals surface area contributed by atoms with Crippen LogP contribution in [-0.4, -0.2) is 0 Å². The van der Waals surface area contributed by atoms with E-state index in [1.807, 2.05) is 60.7 Å². The van der Waals surface area contributed by atoms with Gasteiger partial charge in [-0.25, -0.2) is 0 Å². The molecule has 0 unspecified atom stereocenters. The van der Waals surface area contributed by atoms with Crippen LogP contribution in [0.15, 0.2) is 418 Å². The van der Waals surface area contributed by atoms with Gasteiger partial charge in [0.05, 0.1) is 22.4 Å². The van der Waals surface area contributed by atoms with E-state index in [2.05, 4.69) is 370 Å². The maximum Gasteiger partial charge on any atom is 0.137 e. The molecule has 0 amide bonds. The van der Waals surface area contributed by atoms with Crippen molar-refractivity contribution in [3.05, 3.63) is 415 Å². The molecule has 6 nitrogen and oxygen atoms in total. The Morgan fingerprint density at radius 2 is 0.505 bits per heavy atom. The first-order valence-corrected chi connectivity index (χ1v) is 38.5. The predicted octanol–water partition coefficient (Wildman–Crippen LogP) is 31.7. The van der Waals surface area contributed by atoms with E-state index in [1.165, 1.54) is 54.6 Å². The van der Waals surface area contributed by atoms with Gasteiger partial charge in [-0.1, -0.05) is 282 Å². The lowest BCUT2D eigenvalue weighted by Crippen LogP contribution is -2.10. The molecular weight excluding hydrogens is 1470 g/mol. The van der Waals surface area contributed by atoms with Crippen LogP contribution in [0.25, 0.3) is 132 Å². The summed E-state index contributed by atoms with van der Waals surface area (Å²) >= 11 is 15.7. The lowest BCUT2D eigenvalue weighted by molar-refractivity contribution is 0.668. The van der Waals surface area contributed by atoms with Gasteiger partial charge in [-0.3, -0.25) is 0 Å². The molecule has 21 rings (SSSR count). The van der Waals surface area contributed by atoms with Crippen LogP contribution < -0.4 is 14.7 Å². The van der Waals surface area contributed by atoms with Crippen molar-refractivity contribution in [1.29, 1.82) is 0 Å². The SMILES string of the molecule is Clc1ccc(-c2ccc(Br)c3ccccc23)cc1.Clc1ccc(-c2ccc(N(c3ccccc3)c3ccc4oc5ccccc5c4c3)c3ccccc23)cc1.c1ccc(N(c2ccc3oc4ccccc4c3c2)c2ccc(-c3ccc(N(c4ccccc4)c4cccc5oc6ccccc6c45)cc3)c3ccccc23)cc1. The molecule has 0 saturated heterocycles. The van der Waals surface area contributed by atoms with Gasteiger partial charge in [0.1, 0.15) is 33.5 Å². The molecule has 0 aliphatic carbocycles. The predicted molar refractivity (Wildman–Crippen MR) is 472 cm³/mol. The lowest BCUT2D eigenvalue weighted by Gasteiger charge is -2.28. The number of hydrogen-bond acceptors (Lipinski definition) is 6. The second-order valence-corrected chi connectivity index (χ2v) is 29.1. The van der Waals surface area contributed by atoms with Gasteiger partial charge >= 0.3 is 0 Å². The minimum absolute atomic E-state index is 0.738. The number of nitrogens with zero attached hydrogens (tertiary/aromatic N) is 3. The van der Waals surface area contributed by atoms with Crippen molar-refractivity contribution in [3.63, 3.8) is 0 Å².